The number of rotatable bonds is 7. The monoisotopic (exact) mass is 254 g/mol. The lowest BCUT2D eigenvalue weighted by Crippen LogP contribution is -2.01. The van der Waals surface area contributed by atoms with Crippen LogP contribution < -0.4 is 4.74 Å². The van der Waals surface area contributed by atoms with Gasteiger partial charge >= 0.3 is 5.97 Å². The standard InChI is InChI=1S/C13H18O5/c1-16-9-18-11-7-6-10(12(14)8-11)4-3-5-13(15)17-2/h6-8,14H,3-5,9H2,1-2H3. The highest BCUT2D eigenvalue weighted by Gasteiger charge is 2.05. The highest BCUT2D eigenvalue weighted by atomic mass is 16.7. The van der Waals surface area contributed by atoms with Crippen molar-refractivity contribution in [3.05, 3.63) is 23.8 Å². The Labute approximate surface area is 106 Å². The van der Waals surface area contributed by atoms with E-state index < -0.39 is 0 Å². The minimum absolute atomic E-state index is 0.140. The van der Waals surface area contributed by atoms with Gasteiger partial charge in [0.1, 0.15) is 11.5 Å². The Balaban J connectivity index is 2.49. The fourth-order valence-electron chi connectivity index (χ4n) is 1.50. The predicted octanol–water partition coefficient (Wildman–Crippen LogP) is 1.87. The average molecular weight is 254 g/mol. The van der Waals surface area contributed by atoms with Gasteiger partial charge in [0.05, 0.1) is 7.11 Å². The van der Waals surface area contributed by atoms with Crippen molar-refractivity contribution in [3.8, 4) is 11.5 Å². The maximum Gasteiger partial charge on any atom is 0.305 e. The van der Waals surface area contributed by atoms with Crippen LogP contribution in [0.5, 0.6) is 11.5 Å². The number of benzene rings is 1. The summed E-state index contributed by atoms with van der Waals surface area (Å²) in [5.74, 6) is 0.467. The molecule has 0 aromatic heterocycles. The molecule has 0 unspecified atom stereocenters. The maximum atomic E-state index is 10.9. The van der Waals surface area contributed by atoms with Gasteiger partial charge in [0.2, 0.25) is 0 Å². The van der Waals surface area contributed by atoms with Crippen LogP contribution in [0, 0.1) is 0 Å². The number of carbonyl (C=O) groups is 1. The van der Waals surface area contributed by atoms with E-state index in [4.69, 9.17) is 9.47 Å². The summed E-state index contributed by atoms with van der Waals surface area (Å²) in [5, 5.41) is 9.78. The number of aromatic hydroxyl groups is 1. The van der Waals surface area contributed by atoms with Gasteiger partial charge in [-0.15, -0.1) is 0 Å². The van der Waals surface area contributed by atoms with Gasteiger partial charge < -0.3 is 19.3 Å². The van der Waals surface area contributed by atoms with Gasteiger partial charge in [-0.2, -0.15) is 0 Å². The number of methoxy groups -OCH3 is 2. The first-order chi connectivity index (χ1) is 8.67. The number of hydrogen-bond acceptors (Lipinski definition) is 5. The van der Waals surface area contributed by atoms with Crippen molar-refractivity contribution in [2.45, 2.75) is 19.3 Å². The van der Waals surface area contributed by atoms with E-state index in [1.165, 1.54) is 20.3 Å². The summed E-state index contributed by atoms with van der Waals surface area (Å²) in [6, 6.07) is 5.07. The molecule has 5 nitrogen and oxygen atoms in total. The van der Waals surface area contributed by atoms with Crippen LogP contribution in [0.3, 0.4) is 0 Å². The van der Waals surface area contributed by atoms with Gasteiger partial charge in [-0.25, -0.2) is 0 Å². The molecule has 0 aliphatic heterocycles. The summed E-state index contributed by atoms with van der Waals surface area (Å²) in [6.45, 7) is 0.140. The van der Waals surface area contributed by atoms with Crippen LogP contribution in [0.15, 0.2) is 18.2 Å². The second kappa shape index (κ2) is 7.55. The molecule has 0 bridgehead atoms. The zero-order valence-corrected chi connectivity index (χ0v) is 10.6. The van der Waals surface area contributed by atoms with E-state index in [0.717, 1.165) is 5.56 Å². The van der Waals surface area contributed by atoms with Gasteiger partial charge in [0.15, 0.2) is 6.79 Å². The van der Waals surface area contributed by atoms with Crippen molar-refractivity contribution in [3.63, 3.8) is 0 Å². The Hall–Kier alpha value is -1.75. The van der Waals surface area contributed by atoms with Crippen LogP contribution in [0.25, 0.3) is 0 Å². The minimum Gasteiger partial charge on any atom is -0.508 e. The van der Waals surface area contributed by atoms with Gasteiger partial charge in [0, 0.05) is 19.6 Å². The molecule has 1 aromatic rings. The van der Waals surface area contributed by atoms with E-state index in [1.807, 2.05) is 0 Å². The number of aryl methyl sites for hydroxylation is 1. The topological polar surface area (TPSA) is 65.0 Å². The number of esters is 1. The first-order valence-corrected chi connectivity index (χ1v) is 5.67. The van der Waals surface area contributed by atoms with Crippen LogP contribution in [0.2, 0.25) is 0 Å². The molecule has 0 saturated carbocycles. The molecule has 1 rings (SSSR count). The average Bonchev–Trinajstić information content (AvgIpc) is 2.38. The Kier molecular flexibility index (Phi) is 6.00. The van der Waals surface area contributed by atoms with E-state index in [1.54, 1.807) is 12.1 Å². The minimum atomic E-state index is -0.241. The molecule has 0 spiro atoms. The SMILES string of the molecule is COCOc1ccc(CCCC(=O)OC)c(O)c1. The molecule has 100 valence electrons. The molecule has 5 heteroatoms. The maximum absolute atomic E-state index is 10.9. The van der Waals surface area contributed by atoms with E-state index in [9.17, 15) is 9.90 Å². The van der Waals surface area contributed by atoms with Gasteiger partial charge in [-0.05, 0) is 24.5 Å². The fraction of sp³-hybridized carbons (Fsp3) is 0.462. The Morgan fingerprint density at radius 1 is 1.33 bits per heavy atom. The van der Waals surface area contributed by atoms with Crippen molar-refractivity contribution in [2.24, 2.45) is 0 Å². The Morgan fingerprint density at radius 3 is 2.72 bits per heavy atom. The van der Waals surface area contributed by atoms with Gasteiger partial charge in [-0.3, -0.25) is 4.79 Å². The molecule has 1 aromatic carbocycles. The lowest BCUT2D eigenvalue weighted by molar-refractivity contribution is -0.140. The first-order valence-electron chi connectivity index (χ1n) is 5.67. The highest BCUT2D eigenvalue weighted by molar-refractivity contribution is 5.69. The Bertz CT molecular complexity index is 389. The lowest BCUT2D eigenvalue weighted by Gasteiger charge is -2.08. The molecule has 0 heterocycles. The Morgan fingerprint density at radius 2 is 2.11 bits per heavy atom. The van der Waals surface area contributed by atoms with Gasteiger partial charge in [-0.1, -0.05) is 6.07 Å². The molecule has 18 heavy (non-hydrogen) atoms. The quantitative estimate of drug-likeness (QED) is 0.594. The molecule has 0 amide bonds. The summed E-state index contributed by atoms with van der Waals surface area (Å²) in [5.41, 5.74) is 0.781. The molecule has 0 fully saturated rings. The summed E-state index contributed by atoms with van der Waals surface area (Å²) in [6.07, 6.45) is 1.60. The zero-order chi connectivity index (χ0) is 13.4. The van der Waals surface area contributed by atoms with Crippen molar-refractivity contribution < 1.29 is 24.1 Å². The zero-order valence-electron chi connectivity index (χ0n) is 10.6. The number of phenolic OH excluding ortho intramolecular Hbond substituents is 1. The molecule has 0 saturated heterocycles. The molecule has 0 aliphatic carbocycles. The summed E-state index contributed by atoms with van der Waals surface area (Å²) >= 11 is 0. The molecular formula is C13H18O5. The smallest absolute Gasteiger partial charge is 0.305 e. The molecular weight excluding hydrogens is 236 g/mol. The summed E-state index contributed by atoms with van der Waals surface area (Å²) in [7, 11) is 2.89. The highest BCUT2D eigenvalue weighted by Crippen LogP contribution is 2.25. The molecule has 0 aliphatic rings. The van der Waals surface area contributed by atoms with Crippen LogP contribution in [-0.2, 0) is 20.7 Å². The number of ether oxygens (including phenoxy) is 3. The van der Waals surface area contributed by atoms with Crippen molar-refractivity contribution in [1.29, 1.82) is 0 Å². The third-order valence-corrected chi connectivity index (χ3v) is 2.45. The number of carbonyl (C=O) groups excluding carboxylic acids is 1. The van der Waals surface area contributed by atoms with Crippen molar-refractivity contribution >= 4 is 5.97 Å². The van der Waals surface area contributed by atoms with Crippen LogP contribution in [0.1, 0.15) is 18.4 Å². The molecule has 0 radical (unpaired) electrons. The fourth-order valence-corrected chi connectivity index (χ4v) is 1.50. The van der Waals surface area contributed by atoms with E-state index in [-0.39, 0.29) is 18.5 Å². The third kappa shape index (κ3) is 4.63. The normalized spacial score (nSPS) is 10.1. The lowest BCUT2D eigenvalue weighted by atomic mass is 10.1. The summed E-state index contributed by atoms with van der Waals surface area (Å²) in [4.78, 5) is 10.9. The van der Waals surface area contributed by atoms with E-state index in [2.05, 4.69) is 4.74 Å². The van der Waals surface area contributed by atoms with E-state index in [0.29, 0.717) is 25.0 Å². The second-order valence-electron chi connectivity index (χ2n) is 3.77. The number of hydrogen-bond donors (Lipinski definition) is 1. The van der Waals surface area contributed by atoms with Crippen LogP contribution >= 0.6 is 0 Å². The summed E-state index contributed by atoms with van der Waals surface area (Å²) < 4.78 is 14.5. The second-order valence-corrected chi connectivity index (χ2v) is 3.77. The predicted molar refractivity (Wildman–Crippen MR) is 65.6 cm³/mol. The molecule has 0 atom stereocenters. The van der Waals surface area contributed by atoms with Crippen LogP contribution in [0.4, 0.5) is 0 Å². The van der Waals surface area contributed by atoms with Crippen LogP contribution in [-0.4, -0.2) is 32.1 Å². The van der Waals surface area contributed by atoms with Crippen molar-refractivity contribution in [1.82, 2.24) is 0 Å². The van der Waals surface area contributed by atoms with Crippen molar-refractivity contribution in [2.75, 3.05) is 21.0 Å². The van der Waals surface area contributed by atoms with E-state index >= 15 is 0 Å². The van der Waals surface area contributed by atoms with Gasteiger partial charge in [0.25, 0.3) is 0 Å². The first kappa shape index (κ1) is 14.3. The third-order valence-electron chi connectivity index (χ3n) is 2.45. The largest absolute Gasteiger partial charge is 0.508 e. The number of phenols is 1. The molecule has 1 N–H and O–H groups in total.